The van der Waals surface area contributed by atoms with E-state index in [0.717, 1.165) is 0 Å². The normalized spacial score (nSPS) is 12.5. The van der Waals surface area contributed by atoms with Gasteiger partial charge in [-0.25, -0.2) is 8.78 Å². The minimum atomic E-state index is -0.743. The van der Waals surface area contributed by atoms with Crippen molar-refractivity contribution in [3.63, 3.8) is 0 Å². The van der Waals surface area contributed by atoms with Crippen molar-refractivity contribution >= 4 is 34.8 Å². The van der Waals surface area contributed by atoms with Gasteiger partial charge in [0.05, 0.1) is 10.4 Å². The molecule has 5 heteroatoms. The summed E-state index contributed by atoms with van der Waals surface area (Å²) in [7, 11) is 0. The molecule has 0 N–H and O–H groups in total. The van der Waals surface area contributed by atoms with Gasteiger partial charge in [0.1, 0.15) is 11.6 Å². The van der Waals surface area contributed by atoms with Gasteiger partial charge < -0.3 is 0 Å². The Labute approximate surface area is 124 Å². The summed E-state index contributed by atoms with van der Waals surface area (Å²) in [4.78, 5) is 0. The van der Waals surface area contributed by atoms with Gasteiger partial charge >= 0.3 is 0 Å². The first-order valence-corrected chi connectivity index (χ1v) is 6.71. The highest BCUT2D eigenvalue weighted by molar-refractivity contribution is 6.31. The van der Waals surface area contributed by atoms with Gasteiger partial charge in [-0.15, -0.1) is 11.6 Å². The fourth-order valence-electron chi connectivity index (χ4n) is 1.78. The third-order valence-corrected chi connectivity index (χ3v) is 3.80. The molecule has 0 bridgehead atoms. The van der Waals surface area contributed by atoms with E-state index in [4.69, 9.17) is 34.8 Å². The van der Waals surface area contributed by atoms with E-state index in [0.29, 0.717) is 0 Å². The average molecular weight is 322 g/mol. The molecular formula is C14H9Cl3F2. The molecule has 0 fully saturated rings. The molecule has 0 aliphatic heterocycles. The van der Waals surface area contributed by atoms with Gasteiger partial charge in [0.2, 0.25) is 0 Å². The average Bonchev–Trinajstić information content (AvgIpc) is 2.37. The number of alkyl halides is 1. The summed E-state index contributed by atoms with van der Waals surface area (Å²) >= 11 is 17.7. The lowest BCUT2D eigenvalue weighted by Gasteiger charge is -2.13. The molecule has 2 rings (SSSR count). The third-order valence-electron chi connectivity index (χ3n) is 2.76. The van der Waals surface area contributed by atoms with Crippen LogP contribution in [-0.2, 0) is 6.42 Å². The second kappa shape index (κ2) is 6.08. The SMILES string of the molecule is Fc1cccc(Cl)c1CC(Cl)c1cccc(Cl)c1F. The molecule has 2 aromatic rings. The highest BCUT2D eigenvalue weighted by atomic mass is 35.5. The summed E-state index contributed by atoms with van der Waals surface area (Å²) in [6.45, 7) is 0. The molecule has 0 spiro atoms. The highest BCUT2D eigenvalue weighted by Crippen LogP contribution is 2.33. The van der Waals surface area contributed by atoms with Crippen LogP contribution in [0.1, 0.15) is 16.5 Å². The largest absolute Gasteiger partial charge is 0.207 e. The molecule has 1 unspecified atom stereocenters. The lowest BCUT2D eigenvalue weighted by molar-refractivity contribution is 0.592. The molecule has 0 aliphatic rings. The van der Waals surface area contributed by atoms with Crippen LogP contribution in [0.3, 0.4) is 0 Å². The summed E-state index contributed by atoms with van der Waals surface area (Å²) in [6, 6.07) is 8.91. The summed E-state index contributed by atoms with van der Waals surface area (Å²) < 4.78 is 27.5. The van der Waals surface area contributed by atoms with E-state index in [-0.39, 0.29) is 27.6 Å². The van der Waals surface area contributed by atoms with Crippen molar-refractivity contribution in [1.29, 1.82) is 0 Å². The molecule has 0 nitrogen and oxygen atoms in total. The smallest absolute Gasteiger partial charge is 0.146 e. The summed E-state index contributed by atoms with van der Waals surface area (Å²) in [6.07, 6.45) is 0.0876. The number of benzene rings is 2. The minimum absolute atomic E-state index is 0.0113. The zero-order valence-electron chi connectivity index (χ0n) is 9.64. The number of halogens is 5. The van der Waals surface area contributed by atoms with Crippen molar-refractivity contribution < 1.29 is 8.78 Å². The fourth-order valence-corrected chi connectivity index (χ4v) is 2.52. The molecule has 0 amide bonds. The first-order chi connectivity index (χ1) is 9.00. The second-order valence-electron chi connectivity index (χ2n) is 4.01. The first-order valence-electron chi connectivity index (χ1n) is 5.51. The van der Waals surface area contributed by atoms with Gasteiger partial charge in [-0.05, 0) is 24.6 Å². The van der Waals surface area contributed by atoms with Crippen LogP contribution in [0.25, 0.3) is 0 Å². The molecule has 0 radical (unpaired) electrons. The van der Waals surface area contributed by atoms with E-state index >= 15 is 0 Å². The van der Waals surface area contributed by atoms with Crippen LogP contribution >= 0.6 is 34.8 Å². The fraction of sp³-hybridized carbons (Fsp3) is 0.143. The Hall–Kier alpha value is -0.830. The van der Waals surface area contributed by atoms with Gasteiger partial charge in [-0.1, -0.05) is 41.4 Å². The molecule has 2 aromatic carbocycles. The van der Waals surface area contributed by atoms with E-state index in [9.17, 15) is 8.78 Å². The van der Waals surface area contributed by atoms with Crippen molar-refractivity contribution in [2.75, 3.05) is 0 Å². The molecule has 0 saturated carbocycles. The van der Waals surface area contributed by atoms with E-state index < -0.39 is 17.0 Å². The number of hydrogen-bond acceptors (Lipinski definition) is 0. The molecule has 0 saturated heterocycles. The Balaban J connectivity index is 2.31. The van der Waals surface area contributed by atoms with Crippen LogP contribution in [0.2, 0.25) is 10.0 Å². The Kier molecular flexibility index (Phi) is 4.67. The maximum atomic E-state index is 13.8. The third kappa shape index (κ3) is 3.19. The van der Waals surface area contributed by atoms with E-state index in [1.807, 2.05) is 0 Å². The van der Waals surface area contributed by atoms with Gasteiger partial charge in [0, 0.05) is 16.1 Å². The van der Waals surface area contributed by atoms with Crippen LogP contribution in [0, 0.1) is 11.6 Å². The highest BCUT2D eigenvalue weighted by Gasteiger charge is 2.18. The zero-order chi connectivity index (χ0) is 14.0. The molecule has 19 heavy (non-hydrogen) atoms. The lowest BCUT2D eigenvalue weighted by Crippen LogP contribution is -2.02. The Morgan fingerprint density at radius 2 is 1.58 bits per heavy atom. The standard InChI is InChI=1S/C14H9Cl3F2/c15-10-4-2-6-13(18)9(10)7-12(17)8-3-1-5-11(16)14(8)19/h1-6,12H,7H2. The van der Waals surface area contributed by atoms with Crippen molar-refractivity contribution in [2.24, 2.45) is 0 Å². The second-order valence-corrected chi connectivity index (χ2v) is 5.36. The summed E-state index contributed by atoms with van der Waals surface area (Å²) in [5.74, 6) is -1.04. The van der Waals surface area contributed by atoms with Gasteiger partial charge in [0.25, 0.3) is 0 Å². The van der Waals surface area contributed by atoms with Crippen LogP contribution in [0.15, 0.2) is 36.4 Å². The molecule has 1 atom stereocenters. The van der Waals surface area contributed by atoms with Crippen molar-refractivity contribution in [3.05, 3.63) is 69.2 Å². The van der Waals surface area contributed by atoms with Gasteiger partial charge in [-0.3, -0.25) is 0 Å². The predicted molar refractivity (Wildman–Crippen MR) is 75.1 cm³/mol. The maximum Gasteiger partial charge on any atom is 0.146 e. The van der Waals surface area contributed by atoms with Crippen LogP contribution in [-0.4, -0.2) is 0 Å². The summed E-state index contributed by atoms with van der Waals surface area (Å²) in [5.41, 5.74) is 0.497. The molecule has 100 valence electrons. The predicted octanol–water partition coefficient (Wildman–Crippen LogP) is 5.79. The van der Waals surface area contributed by atoms with E-state index in [2.05, 4.69) is 0 Å². The Bertz CT molecular complexity index is 579. The molecule has 0 aromatic heterocycles. The van der Waals surface area contributed by atoms with Gasteiger partial charge in [-0.2, -0.15) is 0 Å². The quantitative estimate of drug-likeness (QED) is 0.627. The topological polar surface area (TPSA) is 0 Å². The molecule has 0 aliphatic carbocycles. The zero-order valence-corrected chi connectivity index (χ0v) is 11.9. The monoisotopic (exact) mass is 320 g/mol. The number of hydrogen-bond donors (Lipinski definition) is 0. The van der Waals surface area contributed by atoms with Gasteiger partial charge in [0.15, 0.2) is 0 Å². The first kappa shape index (κ1) is 14.6. The van der Waals surface area contributed by atoms with E-state index in [1.165, 1.54) is 24.3 Å². The molecule has 0 heterocycles. The molecular weight excluding hydrogens is 313 g/mol. The van der Waals surface area contributed by atoms with Crippen LogP contribution < -0.4 is 0 Å². The lowest BCUT2D eigenvalue weighted by atomic mass is 10.0. The van der Waals surface area contributed by atoms with E-state index in [1.54, 1.807) is 12.1 Å². The van der Waals surface area contributed by atoms with Crippen molar-refractivity contribution in [2.45, 2.75) is 11.8 Å². The van der Waals surface area contributed by atoms with Crippen molar-refractivity contribution in [1.82, 2.24) is 0 Å². The Morgan fingerprint density at radius 1 is 0.947 bits per heavy atom. The summed E-state index contributed by atoms with van der Waals surface area (Å²) in [5, 5.41) is -0.482. The Morgan fingerprint density at radius 3 is 2.26 bits per heavy atom. The minimum Gasteiger partial charge on any atom is -0.207 e. The van der Waals surface area contributed by atoms with Crippen LogP contribution in [0.5, 0.6) is 0 Å². The number of rotatable bonds is 3. The van der Waals surface area contributed by atoms with Crippen molar-refractivity contribution in [3.8, 4) is 0 Å². The maximum absolute atomic E-state index is 13.8. The van der Waals surface area contributed by atoms with Crippen LogP contribution in [0.4, 0.5) is 8.78 Å².